The van der Waals surface area contributed by atoms with Crippen molar-refractivity contribution in [2.45, 2.75) is 13.0 Å². The lowest BCUT2D eigenvalue weighted by atomic mass is 10.2. The molecule has 1 atom stereocenters. The van der Waals surface area contributed by atoms with Crippen LogP contribution in [0.2, 0.25) is 0 Å². The number of aromatic nitrogens is 1. The minimum Gasteiger partial charge on any atom is -0.439 e. The van der Waals surface area contributed by atoms with Crippen molar-refractivity contribution in [3.8, 4) is 11.6 Å². The fraction of sp³-hybridized carbons (Fsp3) is 0.154. The number of hydrogen-bond acceptors (Lipinski definition) is 3. The van der Waals surface area contributed by atoms with Crippen LogP contribution in [-0.4, -0.2) is 10.1 Å². The SMILES string of the molecule is C[C@H](O)c1ccc(Oc2ccc(I)cc2)nc1. The third-order valence-electron chi connectivity index (χ3n) is 2.28. The van der Waals surface area contributed by atoms with Crippen LogP contribution in [0, 0.1) is 3.57 Å². The van der Waals surface area contributed by atoms with Gasteiger partial charge in [-0.3, -0.25) is 0 Å². The van der Waals surface area contributed by atoms with Crippen molar-refractivity contribution >= 4 is 22.6 Å². The van der Waals surface area contributed by atoms with Crippen LogP contribution in [0.15, 0.2) is 42.6 Å². The van der Waals surface area contributed by atoms with Crippen molar-refractivity contribution < 1.29 is 9.84 Å². The average molecular weight is 341 g/mol. The molecular weight excluding hydrogens is 329 g/mol. The molecule has 0 amide bonds. The molecule has 0 saturated heterocycles. The lowest BCUT2D eigenvalue weighted by Gasteiger charge is -2.07. The van der Waals surface area contributed by atoms with Gasteiger partial charge in [-0.25, -0.2) is 4.98 Å². The third kappa shape index (κ3) is 3.41. The molecule has 0 aliphatic heterocycles. The van der Waals surface area contributed by atoms with Crippen molar-refractivity contribution in [2.75, 3.05) is 0 Å². The Morgan fingerprint density at radius 1 is 1.18 bits per heavy atom. The molecule has 4 heteroatoms. The summed E-state index contributed by atoms with van der Waals surface area (Å²) in [6.07, 6.45) is 1.11. The molecule has 1 heterocycles. The smallest absolute Gasteiger partial charge is 0.219 e. The summed E-state index contributed by atoms with van der Waals surface area (Å²) in [5, 5.41) is 9.35. The van der Waals surface area contributed by atoms with Gasteiger partial charge < -0.3 is 9.84 Å². The monoisotopic (exact) mass is 341 g/mol. The fourth-order valence-corrected chi connectivity index (χ4v) is 1.68. The predicted octanol–water partition coefficient (Wildman–Crippen LogP) is 3.53. The van der Waals surface area contributed by atoms with Gasteiger partial charge in [0, 0.05) is 15.8 Å². The van der Waals surface area contributed by atoms with Gasteiger partial charge in [-0.1, -0.05) is 0 Å². The quantitative estimate of drug-likeness (QED) is 0.869. The summed E-state index contributed by atoms with van der Waals surface area (Å²) in [7, 11) is 0. The van der Waals surface area contributed by atoms with E-state index in [9.17, 15) is 5.11 Å². The first-order valence-electron chi connectivity index (χ1n) is 5.22. The molecule has 0 spiro atoms. The molecule has 2 aromatic rings. The van der Waals surface area contributed by atoms with Crippen LogP contribution in [0.3, 0.4) is 0 Å². The summed E-state index contributed by atoms with van der Waals surface area (Å²) in [5.74, 6) is 1.28. The first-order valence-corrected chi connectivity index (χ1v) is 6.30. The first-order chi connectivity index (χ1) is 8.15. The van der Waals surface area contributed by atoms with E-state index in [1.807, 2.05) is 24.3 Å². The van der Waals surface area contributed by atoms with E-state index in [0.29, 0.717) is 5.88 Å². The lowest BCUT2D eigenvalue weighted by molar-refractivity contribution is 0.198. The van der Waals surface area contributed by atoms with E-state index in [1.54, 1.807) is 25.3 Å². The maximum atomic E-state index is 9.35. The Balaban J connectivity index is 2.11. The second-order valence-corrected chi connectivity index (χ2v) is 4.91. The van der Waals surface area contributed by atoms with Crippen molar-refractivity contribution in [1.29, 1.82) is 0 Å². The van der Waals surface area contributed by atoms with Crippen LogP contribution in [0.5, 0.6) is 11.6 Å². The highest BCUT2D eigenvalue weighted by Crippen LogP contribution is 2.21. The van der Waals surface area contributed by atoms with Gasteiger partial charge in [0.2, 0.25) is 5.88 Å². The number of pyridine rings is 1. The largest absolute Gasteiger partial charge is 0.439 e. The van der Waals surface area contributed by atoms with Gasteiger partial charge in [-0.2, -0.15) is 0 Å². The highest BCUT2D eigenvalue weighted by atomic mass is 127. The second kappa shape index (κ2) is 5.46. The van der Waals surface area contributed by atoms with Crippen LogP contribution in [0.25, 0.3) is 0 Å². The summed E-state index contributed by atoms with van der Waals surface area (Å²) in [4.78, 5) is 4.13. The molecule has 1 aromatic heterocycles. The van der Waals surface area contributed by atoms with Crippen molar-refractivity contribution in [2.24, 2.45) is 0 Å². The van der Waals surface area contributed by atoms with Crippen molar-refractivity contribution in [3.05, 3.63) is 51.7 Å². The van der Waals surface area contributed by atoms with Crippen LogP contribution in [0.4, 0.5) is 0 Å². The lowest BCUT2D eigenvalue weighted by Crippen LogP contribution is -1.93. The maximum Gasteiger partial charge on any atom is 0.219 e. The number of halogens is 1. The van der Waals surface area contributed by atoms with Gasteiger partial charge in [0.25, 0.3) is 0 Å². The van der Waals surface area contributed by atoms with Crippen LogP contribution in [-0.2, 0) is 0 Å². The van der Waals surface area contributed by atoms with E-state index >= 15 is 0 Å². The number of hydrogen-bond donors (Lipinski definition) is 1. The topological polar surface area (TPSA) is 42.4 Å². The Hall–Kier alpha value is -1.14. The van der Waals surface area contributed by atoms with Gasteiger partial charge in [0.15, 0.2) is 0 Å². The number of aliphatic hydroxyl groups is 1. The number of ether oxygens (including phenoxy) is 1. The Labute approximate surface area is 114 Å². The summed E-state index contributed by atoms with van der Waals surface area (Å²) in [6.45, 7) is 1.71. The molecule has 0 radical (unpaired) electrons. The molecule has 0 fully saturated rings. The minimum atomic E-state index is -0.505. The van der Waals surface area contributed by atoms with E-state index in [4.69, 9.17) is 4.74 Å². The fourth-order valence-electron chi connectivity index (χ4n) is 1.32. The van der Waals surface area contributed by atoms with Crippen LogP contribution in [0.1, 0.15) is 18.6 Å². The molecule has 0 unspecified atom stereocenters. The zero-order valence-electron chi connectivity index (χ0n) is 9.30. The second-order valence-electron chi connectivity index (χ2n) is 3.66. The highest BCUT2D eigenvalue weighted by Gasteiger charge is 2.02. The number of rotatable bonds is 3. The number of benzene rings is 1. The molecular formula is C13H12INO2. The van der Waals surface area contributed by atoms with Gasteiger partial charge in [0.05, 0.1) is 6.10 Å². The molecule has 0 aliphatic carbocycles. The molecule has 0 aliphatic rings. The Bertz CT molecular complexity index is 480. The molecule has 88 valence electrons. The van der Waals surface area contributed by atoms with Crippen molar-refractivity contribution in [1.82, 2.24) is 4.98 Å². The van der Waals surface area contributed by atoms with Crippen LogP contribution < -0.4 is 4.74 Å². The molecule has 3 nitrogen and oxygen atoms in total. The van der Waals surface area contributed by atoms with Gasteiger partial charge in [-0.15, -0.1) is 0 Å². The zero-order chi connectivity index (χ0) is 12.3. The molecule has 1 N–H and O–H groups in total. The predicted molar refractivity (Wildman–Crippen MR) is 74.1 cm³/mol. The van der Waals surface area contributed by atoms with Crippen LogP contribution >= 0.6 is 22.6 Å². The van der Waals surface area contributed by atoms with E-state index < -0.39 is 6.10 Å². The Morgan fingerprint density at radius 3 is 2.41 bits per heavy atom. The maximum absolute atomic E-state index is 9.35. The number of aliphatic hydroxyl groups excluding tert-OH is 1. The standard InChI is InChI=1S/C13H12INO2/c1-9(16)10-2-7-13(15-8-10)17-12-5-3-11(14)4-6-12/h2-9,16H,1H3/t9-/m0/s1. The molecule has 17 heavy (non-hydrogen) atoms. The zero-order valence-corrected chi connectivity index (χ0v) is 11.5. The number of nitrogens with zero attached hydrogens (tertiary/aromatic N) is 1. The molecule has 0 bridgehead atoms. The summed E-state index contributed by atoms with van der Waals surface area (Å²) >= 11 is 2.24. The van der Waals surface area contributed by atoms with Gasteiger partial charge in [0.1, 0.15) is 5.75 Å². The van der Waals surface area contributed by atoms with E-state index in [-0.39, 0.29) is 0 Å². The highest BCUT2D eigenvalue weighted by molar-refractivity contribution is 14.1. The Kier molecular flexibility index (Phi) is 3.96. The summed E-state index contributed by atoms with van der Waals surface area (Å²) < 4.78 is 6.73. The molecule has 1 aromatic carbocycles. The van der Waals surface area contributed by atoms with E-state index in [2.05, 4.69) is 27.6 Å². The Morgan fingerprint density at radius 2 is 1.88 bits per heavy atom. The summed E-state index contributed by atoms with van der Waals surface area (Å²) in [6, 6.07) is 11.3. The average Bonchev–Trinajstić information content (AvgIpc) is 2.33. The third-order valence-corrected chi connectivity index (χ3v) is 3.00. The minimum absolute atomic E-state index is 0.505. The normalized spacial score (nSPS) is 12.2. The van der Waals surface area contributed by atoms with E-state index in [0.717, 1.165) is 14.9 Å². The first kappa shape index (κ1) is 12.3. The molecule has 0 saturated carbocycles. The molecule has 2 rings (SSSR count). The van der Waals surface area contributed by atoms with E-state index in [1.165, 1.54) is 0 Å². The summed E-state index contributed by atoms with van der Waals surface area (Å²) in [5.41, 5.74) is 0.778. The van der Waals surface area contributed by atoms with Gasteiger partial charge in [-0.05, 0) is 65.4 Å². The van der Waals surface area contributed by atoms with Gasteiger partial charge >= 0.3 is 0 Å². The van der Waals surface area contributed by atoms with Crippen molar-refractivity contribution in [3.63, 3.8) is 0 Å².